The minimum Gasteiger partial charge on any atom is -0.0654 e. The van der Waals surface area contributed by atoms with E-state index in [9.17, 15) is 0 Å². The van der Waals surface area contributed by atoms with Gasteiger partial charge in [-0.1, -0.05) is 80.6 Å². The zero-order chi connectivity index (χ0) is 12.8. The van der Waals surface area contributed by atoms with Gasteiger partial charge in [0.15, 0.2) is 0 Å². The van der Waals surface area contributed by atoms with Gasteiger partial charge in [0.25, 0.3) is 0 Å². The molecule has 0 amide bonds. The average molecular weight is 226 g/mol. The Hall–Kier alpha value is 0. The Labute approximate surface area is 104 Å². The molecule has 0 N–H and O–H groups in total. The van der Waals surface area contributed by atoms with Gasteiger partial charge in [0.2, 0.25) is 0 Å². The van der Waals surface area contributed by atoms with Crippen LogP contribution in [0.15, 0.2) is 0 Å². The van der Waals surface area contributed by atoms with Gasteiger partial charge in [-0.25, -0.2) is 0 Å². The molecule has 0 aliphatic heterocycles. The molecule has 16 heavy (non-hydrogen) atoms. The van der Waals surface area contributed by atoms with E-state index < -0.39 is 0 Å². The lowest BCUT2D eigenvalue weighted by atomic mass is 9.65. The highest BCUT2D eigenvalue weighted by Gasteiger charge is 2.33. The summed E-state index contributed by atoms with van der Waals surface area (Å²) in [6.07, 6.45) is 8.43. The lowest BCUT2D eigenvalue weighted by Gasteiger charge is -2.41. The molecule has 0 spiro atoms. The van der Waals surface area contributed by atoms with Gasteiger partial charge < -0.3 is 0 Å². The zero-order valence-corrected chi connectivity index (χ0v) is 12.8. The fourth-order valence-electron chi connectivity index (χ4n) is 3.12. The summed E-state index contributed by atoms with van der Waals surface area (Å²) < 4.78 is 0. The van der Waals surface area contributed by atoms with Crippen molar-refractivity contribution in [3.63, 3.8) is 0 Å². The Bertz CT molecular complexity index is 151. The van der Waals surface area contributed by atoms with Gasteiger partial charge in [-0.3, -0.25) is 0 Å². The first-order chi connectivity index (χ1) is 7.19. The van der Waals surface area contributed by atoms with Crippen LogP contribution in [0.1, 0.15) is 87.0 Å². The van der Waals surface area contributed by atoms with Crippen molar-refractivity contribution >= 4 is 0 Å². The molecule has 0 saturated heterocycles. The van der Waals surface area contributed by atoms with Crippen LogP contribution in [0.2, 0.25) is 0 Å². The number of hydrogen-bond donors (Lipinski definition) is 0. The van der Waals surface area contributed by atoms with Crippen LogP contribution in [0.3, 0.4) is 0 Å². The molecule has 0 aromatic carbocycles. The molecule has 0 nitrogen and oxygen atoms in total. The highest BCUT2D eigenvalue weighted by atomic mass is 14.4. The normalized spacial score (nSPS) is 13.5. The molecule has 0 aliphatic carbocycles. The highest BCUT2D eigenvalue weighted by molar-refractivity contribution is 4.83. The largest absolute Gasteiger partial charge is 0.0654 e. The summed E-state index contributed by atoms with van der Waals surface area (Å²) in [4.78, 5) is 0. The smallest absolute Gasteiger partial charge is 0.0317 e. The molecule has 0 bridgehead atoms. The van der Waals surface area contributed by atoms with Crippen LogP contribution in [-0.2, 0) is 0 Å². The maximum atomic E-state index is 2.40. The van der Waals surface area contributed by atoms with Crippen molar-refractivity contribution < 1.29 is 0 Å². The zero-order valence-electron chi connectivity index (χ0n) is 12.8. The number of rotatable bonds is 6. The van der Waals surface area contributed by atoms with Crippen molar-refractivity contribution in [1.29, 1.82) is 0 Å². The second-order valence-corrected chi connectivity index (χ2v) is 7.49. The Morgan fingerprint density at radius 2 is 1.12 bits per heavy atom. The summed E-state index contributed by atoms with van der Waals surface area (Å²) >= 11 is 0. The first kappa shape index (κ1) is 16.0. The predicted molar refractivity (Wildman–Crippen MR) is 75.8 cm³/mol. The van der Waals surface area contributed by atoms with Gasteiger partial charge in [0, 0.05) is 0 Å². The molecule has 0 fully saturated rings. The van der Waals surface area contributed by atoms with E-state index in [0.717, 1.165) is 5.92 Å². The fourth-order valence-corrected chi connectivity index (χ4v) is 3.12. The van der Waals surface area contributed by atoms with E-state index in [-0.39, 0.29) is 0 Å². The Morgan fingerprint density at radius 1 is 0.688 bits per heavy atom. The van der Waals surface area contributed by atoms with Crippen molar-refractivity contribution in [3.8, 4) is 0 Å². The number of hydrogen-bond acceptors (Lipinski definition) is 0. The van der Waals surface area contributed by atoms with Crippen molar-refractivity contribution in [2.45, 2.75) is 87.0 Å². The third-order valence-corrected chi connectivity index (χ3v) is 3.69. The van der Waals surface area contributed by atoms with Crippen molar-refractivity contribution in [1.82, 2.24) is 0 Å². The highest BCUT2D eigenvalue weighted by Crippen LogP contribution is 2.42. The van der Waals surface area contributed by atoms with Crippen LogP contribution in [0, 0.1) is 16.7 Å². The Kier molecular flexibility index (Phi) is 6.67. The number of unbranched alkanes of at least 4 members (excludes halogenated alkanes) is 4. The average Bonchev–Trinajstić information content (AvgIpc) is 2.06. The predicted octanol–water partition coefficient (Wildman–Crippen LogP) is 6.06. The van der Waals surface area contributed by atoms with Gasteiger partial charge >= 0.3 is 0 Å². The maximum absolute atomic E-state index is 2.40. The summed E-state index contributed by atoms with van der Waals surface area (Å²) in [6, 6.07) is 0. The van der Waals surface area contributed by atoms with Crippen LogP contribution in [0.5, 0.6) is 0 Å². The van der Waals surface area contributed by atoms with Crippen LogP contribution in [-0.4, -0.2) is 0 Å². The van der Waals surface area contributed by atoms with Gasteiger partial charge in [-0.15, -0.1) is 0 Å². The van der Waals surface area contributed by atoms with Crippen LogP contribution in [0.25, 0.3) is 0 Å². The first-order valence-corrected chi connectivity index (χ1v) is 7.19. The third kappa shape index (κ3) is 6.55. The Balaban J connectivity index is 4.06. The lowest BCUT2D eigenvalue weighted by molar-refractivity contribution is 0.0899. The molecule has 0 unspecified atom stereocenters. The second-order valence-electron chi connectivity index (χ2n) is 7.49. The van der Waals surface area contributed by atoms with Crippen LogP contribution in [0.4, 0.5) is 0 Å². The summed E-state index contributed by atoms with van der Waals surface area (Å²) in [5.74, 6) is 0.835. The molecular weight excluding hydrogens is 192 g/mol. The molecule has 0 aromatic heterocycles. The van der Waals surface area contributed by atoms with Gasteiger partial charge in [0.1, 0.15) is 0 Å². The molecule has 0 atom stereocenters. The fraction of sp³-hybridized carbons (Fsp3) is 1.00. The molecule has 0 radical (unpaired) electrons. The van der Waals surface area contributed by atoms with E-state index in [1.807, 2.05) is 0 Å². The van der Waals surface area contributed by atoms with Crippen LogP contribution < -0.4 is 0 Å². The molecule has 0 heterocycles. The second kappa shape index (κ2) is 6.67. The topological polar surface area (TPSA) is 0 Å². The Morgan fingerprint density at radius 3 is 1.50 bits per heavy atom. The molecule has 0 saturated carbocycles. The molecule has 0 aliphatic rings. The molecule has 0 rings (SSSR count). The molecule has 0 heteroatoms. The lowest BCUT2D eigenvalue weighted by Crippen LogP contribution is -2.32. The molecule has 98 valence electrons. The van der Waals surface area contributed by atoms with E-state index in [0.29, 0.717) is 10.8 Å². The van der Waals surface area contributed by atoms with E-state index >= 15 is 0 Å². The van der Waals surface area contributed by atoms with Crippen molar-refractivity contribution in [2.24, 2.45) is 16.7 Å². The maximum Gasteiger partial charge on any atom is -0.0317 e. The molecular formula is C16H34. The minimum atomic E-state index is 0.447. The van der Waals surface area contributed by atoms with E-state index in [2.05, 4.69) is 48.5 Å². The van der Waals surface area contributed by atoms with E-state index in [1.165, 1.54) is 38.5 Å². The summed E-state index contributed by atoms with van der Waals surface area (Å²) in [6.45, 7) is 16.7. The van der Waals surface area contributed by atoms with E-state index in [4.69, 9.17) is 0 Å². The summed E-state index contributed by atoms with van der Waals surface area (Å²) in [7, 11) is 0. The van der Waals surface area contributed by atoms with Gasteiger partial charge in [-0.2, -0.15) is 0 Å². The SMILES string of the molecule is CCCCCCCC(C(C)(C)C)C(C)(C)C. The van der Waals surface area contributed by atoms with Gasteiger partial charge in [-0.05, 0) is 23.2 Å². The monoisotopic (exact) mass is 226 g/mol. The first-order valence-electron chi connectivity index (χ1n) is 7.19. The quantitative estimate of drug-likeness (QED) is 0.483. The summed E-state index contributed by atoms with van der Waals surface area (Å²) in [5, 5.41) is 0. The van der Waals surface area contributed by atoms with Crippen molar-refractivity contribution in [3.05, 3.63) is 0 Å². The standard InChI is InChI=1S/C16H34/c1-8-9-10-11-12-13-14(15(2,3)4)16(5,6)7/h14H,8-13H2,1-7H3. The van der Waals surface area contributed by atoms with Crippen LogP contribution >= 0.6 is 0 Å². The summed E-state index contributed by atoms with van der Waals surface area (Å²) in [5.41, 5.74) is 0.895. The van der Waals surface area contributed by atoms with E-state index in [1.54, 1.807) is 0 Å². The van der Waals surface area contributed by atoms with Crippen molar-refractivity contribution in [2.75, 3.05) is 0 Å². The molecule has 0 aromatic rings. The minimum absolute atomic E-state index is 0.447. The van der Waals surface area contributed by atoms with Gasteiger partial charge in [0.05, 0.1) is 0 Å². The third-order valence-electron chi connectivity index (χ3n) is 3.69.